The van der Waals surface area contributed by atoms with Crippen LogP contribution >= 0.6 is 0 Å². The topological polar surface area (TPSA) is 45.2 Å². The van der Waals surface area contributed by atoms with Crippen LogP contribution in [0.1, 0.15) is 42.1 Å². The monoisotopic (exact) mass is 409 g/mol. The Hall–Kier alpha value is -2.64. The van der Waals surface area contributed by atoms with Gasteiger partial charge in [-0.2, -0.15) is 13.2 Å². The number of hydrogen-bond acceptors (Lipinski definition) is 2. The second-order valence-corrected chi connectivity index (χ2v) is 7.59. The van der Waals surface area contributed by atoms with Crippen LogP contribution in [0.5, 0.6) is 0 Å². The van der Waals surface area contributed by atoms with E-state index in [0.717, 1.165) is 17.7 Å². The molecular weight excluding hydrogens is 386 g/mol. The number of benzene rings is 1. The quantitative estimate of drug-likeness (QED) is 0.657. The van der Waals surface area contributed by atoms with Gasteiger partial charge in [0.05, 0.1) is 11.3 Å². The number of nitrogens with one attached hydrogen (secondary N) is 1. The highest BCUT2D eigenvalue weighted by molar-refractivity contribution is 5.90. The second kappa shape index (κ2) is 7.65. The van der Waals surface area contributed by atoms with Crippen LogP contribution in [-0.4, -0.2) is 28.5 Å². The van der Waals surface area contributed by atoms with E-state index in [9.17, 15) is 18.0 Å². The van der Waals surface area contributed by atoms with E-state index in [1.165, 1.54) is 17.9 Å². The minimum Gasteiger partial charge on any atom is -0.322 e. The highest BCUT2D eigenvalue weighted by Crippen LogP contribution is 2.40. The lowest BCUT2D eigenvalue weighted by Gasteiger charge is -2.41. The maximum atomic E-state index is 15.6. The number of pyridine rings is 1. The molecule has 0 bridgehead atoms. The van der Waals surface area contributed by atoms with E-state index in [0.29, 0.717) is 16.9 Å². The van der Waals surface area contributed by atoms with Gasteiger partial charge in [-0.25, -0.2) is 9.18 Å². The third-order valence-electron chi connectivity index (χ3n) is 5.39. The smallest absolute Gasteiger partial charge is 0.322 e. The summed E-state index contributed by atoms with van der Waals surface area (Å²) in [5, 5.41) is 2.65. The lowest BCUT2D eigenvalue weighted by Crippen LogP contribution is -2.50. The molecule has 0 saturated carbocycles. The molecule has 29 heavy (non-hydrogen) atoms. The van der Waals surface area contributed by atoms with Crippen LogP contribution in [0.15, 0.2) is 36.5 Å². The average Bonchev–Trinajstić information content (AvgIpc) is 2.62. The van der Waals surface area contributed by atoms with Gasteiger partial charge in [-0.05, 0) is 56.2 Å². The van der Waals surface area contributed by atoms with Crippen LogP contribution in [0.3, 0.4) is 0 Å². The molecule has 2 aromatic rings. The molecule has 1 aliphatic rings. The molecule has 2 heterocycles. The highest BCUT2D eigenvalue weighted by Gasteiger charge is 2.43. The van der Waals surface area contributed by atoms with Crippen molar-refractivity contribution >= 4 is 11.7 Å². The molecule has 0 radical (unpaired) electrons. The van der Waals surface area contributed by atoms with Crippen molar-refractivity contribution in [1.29, 1.82) is 0 Å². The Labute approximate surface area is 166 Å². The number of rotatable bonds is 2. The Morgan fingerprint density at radius 3 is 2.55 bits per heavy atom. The van der Waals surface area contributed by atoms with Crippen molar-refractivity contribution in [2.24, 2.45) is 0 Å². The van der Waals surface area contributed by atoms with Crippen LogP contribution in [0.25, 0.3) is 0 Å². The molecule has 156 valence electrons. The molecule has 1 fully saturated rings. The molecule has 0 aliphatic carbocycles. The first-order valence-corrected chi connectivity index (χ1v) is 9.38. The molecule has 1 saturated heterocycles. The van der Waals surface area contributed by atoms with E-state index in [1.807, 2.05) is 0 Å². The number of likely N-dealkylation sites (tertiary alicyclic amines) is 1. The molecule has 3 rings (SSSR count). The molecule has 1 aromatic carbocycles. The van der Waals surface area contributed by atoms with Gasteiger partial charge < -0.3 is 10.2 Å². The number of amides is 2. The van der Waals surface area contributed by atoms with Crippen molar-refractivity contribution in [1.82, 2.24) is 9.88 Å². The Bertz CT molecular complexity index is 915. The van der Waals surface area contributed by atoms with Gasteiger partial charge in [0.2, 0.25) is 0 Å². The molecule has 2 amide bonds. The standard InChI is InChI=1S/C21H23F4N3O/c1-13-5-4-9-26-18(13)20(22)8-10-28(15(3)12-20)19(29)27-17-7-6-16(11-14(17)2)21(23,24)25/h4-7,9,11,15H,8,10,12H2,1-3H3,(H,27,29). The predicted octanol–water partition coefficient (Wildman–Crippen LogP) is 5.60. The van der Waals surface area contributed by atoms with E-state index in [-0.39, 0.29) is 19.4 Å². The van der Waals surface area contributed by atoms with Crippen molar-refractivity contribution < 1.29 is 22.4 Å². The van der Waals surface area contributed by atoms with Crippen LogP contribution < -0.4 is 5.32 Å². The SMILES string of the molecule is Cc1cc(C(F)(F)F)ccc1NC(=O)N1CCC(F)(c2ncccc2C)CC1C. The summed E-state index contributed by atoms with van der Waals surface area (Å²) in [4.78, 5) is 18.4. The molecular formula is C21H23F4N3O. The number of halogens is 4. The number of urea groups is 1. The first-order chi connectivity index (χ1) is 13.5. The van der Waals surface area contributed by atoms with Crippen LogP contribution in [0, 0.1) is 13.8 Å². The number of hydrogen-bond donors (Lipinski definition) is 1. The van der Waals surface area contributed by atoms with Gasteiger partial charge in [0.25, 0.3) is 0 Å². The number of carbonyl (C=O) groups excluding carboxylic acids is 1. The second-order valence-electron chi connectivity index (χ2n) is 7.59. The number of aromatic nitrogens is 1. The Morgan fingerprint density at radius 1 is 1.24 bits per heavy atom. The minimum atomic E-state index is -4.44. The number of piperidine rings is 1. The van der Waals surface area contributed by atoms with Gasteiger partial charge in [-0.3, -0.25) is 4.98 Å². The van der Waals surface area contributed by atoms with Gasteiger partial charge in [0.15, 0.2) is 5.67 Å². The summed E-state index contributed by atoms with van der Waals surface area (Å²) < 4.78 is 54.0. The summed E-state index contributed by atoms with van der Waals surface area (Å²) in [5.74, 6) is 0. The maximum absolute atomic E-state index is 15.6. The van der Waals surface area contributed by atoms with Gasteiger partial charge in [0, 0.05) is 37.3 Å². The molecule has 1 N–H and O–H groups in total. The van der Waals surface area contributed by atoms with Crippen molar-refractivity contribution in [3.8, 4) is 0 Å². The molecule has 4 nitrogen and oxygen atoms in total. The predicted molar refractivity (Wildman–Crippen MR) is 102 cm³/mol. The Morgan fingerprint density at radius 2 is 1.97 bits per heavy atom. The van der Waals surface area contributed by atoms with Crippen molar-refractivity contribution in [2.75, 3.05) is 11.9 Å². The third-order valence-corrected chi connectivity index (χ3v) is 5.39. The summed E-state index contributed by atoms with van der Waals surface area (Å²) in [7, 11) is 0. The number of anilines is 1. The van der Waals surface area contributed by atoms with Crippen LogP contribution in [0.2, 0.25) is 0 Å². The fourth-order valence-electron chi connectivity index (χ4n) is 3.84. The van der Waals surface area contributed by atoms with Crippen LogP contribution in [-0.2, 0) is 11.8 Å². The average molecular weight is 409 g/mol. The lowest BCUT2D eigenvalue weighted by atomic mass is 9.84. The Balaban J connectivity index is 1.71. The van der Waals surface area contributed by atoms with Gasteiger partial charge >= 0.3 is 12.2 Å². The Kier molecular flexibility index (Phi) is 5.56. The van der Waals surface area contributed by atoms with Gasteiger partial charge in [-0.1, -0.05) is 6.07 Å². The van der Waals surface area contributed by atoms with Gasteiger partial charge in [-0.15, -0.1) is 0 Å². The zero-order chi connectivity index (χ0) is 21.4. The zero-order valence-corrected chi connectivity index (χ0v) is 16.5. The summed E-state index contributed by atoms with van der Waals surface area (Å²) in [6.45, 7) is 5.24. The molecule has 1 aromatic heterocycles. The fraction of sp³-hybridized carbons (Fsp3) is 0.429. The van der Waals surface area contributed by atoms with E-state index < -0.39 is 29.5 Å². The van der Waals surface area contributed by atoms with E-state index in [4.69, 9.17) is 0 Å². The van der Waals surface area contributed by atoms with E-state index >= 15 is 4.39 Å². The fourth-order valence-corrected chi connectivity index (χ4v) is 3.84. The lowest BCUT2D eigenvalue weighted by molar-refractivity contribution is -0.137. The highest BCUT2D eigenvalue weighted by atomic mass is 19.4. The van der Waals surface area contributed by atoms with Crippen molar-refractivity contribution in [3.63, 3.8) is 0 Å². The summed E-state index contributed by atoms with van der Waals surface area (Å²) >= 11 is 0. The maximum Gasteiger partial charge on any atom is 0.416 e. The largest absolute Gasteiger partial charge is 0.416 e. The van der Waals surface area contributed by atoms with Gasteiger partial charge in [0.1, 0.15) is 0 Å². The van der Waals surface area contributed by atoms with Crippen molar-refractivity contribution in [3.05, 3.63) is 58.9 Å². The number of nitrogens with zero attached hydrogens (tertiary/aromatic N) is 2. The van der Waals surface area contributed by atoms with E-state index in [1.54, 1.807) is 32.2 Å². The molecule has 2 atom stereocenters. The number of alkyl halides is 4. The molecule has 1 aliphatic heterocycles. The normalized spacial score (nSPS) is 22.4. The minimum absolute atomic E-state index is 0.101. The first-order valence-electron chi connectivity index (χ1n) is 9.38. The molecule has 2 unspecified atom stereocenters. The number of carbonyl (C=O) groups is 1. The molecule has 0 spiro atoms. The zero-order valence-electron chi connectivity index (χ0n) is 16.5. The van der Waals surface area contributed by atoms with E-state index in [2.05, 4.69) is 10.3 Å². The summed E-state index contributed by atoms with van der Waals surface area (Å²) in [6, 6.07) is 5.86. The summed E-state index contributed by atoms with van der Waals surface area (Å²) in [5.41, 5.74) is -0.626. The first kappa shape index (κ1) is 21.1. The van der Waals surface area contributed by atoms with Crippen molar-refractivity contribution in [2.45, 2.75) is 51.5 Å². The number of aryl methyl sites for hydroxylation is 2. The van der Waals surface area contributed by atoms with Crippen LogP contribution in [0.4, 0.5) is 28.0 Å². The summed E-state index contributed by atoms with van der Waals surface area (Å²) in [6.07, 6.45) is -2.68. The molecule has 8 heteroatoms. The third kappa shape index (κ3) is 4.36.